The number of hydrogen-bond acceptors (Lipinski definition) is 3. The summed E-state index contributed by atoms with van der Waals surface area (Å²) < 4.78 is 14.1. The number of piperazine rings is 1. The van der Waals surface area contributed by atoms with Crippen LogP contribution in [0.2, 0.25) is 0 Å². The van der Waals surface area contributed by atoms with E-state index in [1.807, 2.05) is 11.8 Å². The summed E-state index contributed by atoms with van der Waals surface area (Å²) in [6.07, 6.45) is 5.02. The topological polar surface area (TPSA) is 68.4 Å². The van der Waals surface area contributed by atoms with E-state index < -0.39 is 0 Å². The highest BCUT2D eigenvalue weighted by Gasteiger charge is 2.34. The molecule has 1 aliphatic heterocycles. The number of aromatic nitrogens is 1. The second-order valence-corrected chi connectivity index (χ2v) is 9.10. The van der Waals surface area contributed by atoms with Gasteiger partial charge >= 0.3 is 0 Å². The molecule has 1 aromatic carbocycles. The van der Waals surface area contributed by atoms with Crippen molar-refractivity contribution in [2.45, 2.75) is 71.0 Å². The lowest BCUT2D eigenvalue weighted by molar-refractivity contribution is -0.134. The Labute approximate surface area is 183 Å². The third kappa shape index (κ3) is 4.47. The number of carbonyl (C=O) groups is 2. The van der Waals surface area contributed by atoms with Crippen molar-refractivity contribution < 1.29 is 14.0 Å². The number of H-pyrrole nitrogens is 1. The predicted molar refractivity (Wildman–Crippen MR) is 120 cm³/mol. The standard InChI is InChI=1S/C24H33FN4O2/c1-4-18-14-28(10-11-29(18)16(3)30)19-7-5-6-17(12-19)26-24(31)22-13-20-21(25)9-8-15(2)23(20)27-22/h8-9,13,17-19,27H,4-7,10-12,14H2,1-3H3,(H,26,31)/t17-,18?,19-/m1/s1. The van der Waals surface area contributed by atoms with Crippen LogP contribution in [0.15, 0.2) is 18.2 Å². The normalized spacial score (nSPS) is 25.0. The molecule has 0 radical (unpaired) electrons. The first-order chi connectivity index (χ1) is 14.9. The minimum Gasteiger partial charge on any atom is -0.350 e. The molecular weight excluding hydrogens is 395 g/mol. The molecule has 2 fully saturated rings. The molecule has 2 amide bonds. The first-order valence-corrected chi connectivity index (χ1v) is 11.5. The quantitative estimate of drug-likeness (QED) is 0.782. The maximum absolute atomic E-state index is 14.1. The molecule has 1 unspecified atom stereocenters. The smallest absolute Gasteiger partial charge is 0.267 e. The number of benzene rings is 1. The highest BCUT2D eigenvalue weighted by molar-refractivity contribution is 5.99. The fourth-order valence-corrected chi connectivity index (χ4v) is 5.31. The zero-order valence-electron chi connectivity index (χ0n) is 18.7. The van der Waals surface area contributed by atoms with Gasteiger partial charge in [-0.25, -0.2) is 4.39 Å². The van der Waals surface area contributed by atoms with Crippen LogP contribution in [0.3, 0.4) is 0 Å². The van der Waals surface area contributed by atoms with Crippen LogP contribution in [-0.2, 0) is 4.79 Å². The Morgan fingerprint density at radius 1 is 1.26 bits per heavy atom. The first-order valence-electron chi connectivity index (χ1n) is 11.5. The highest BCUT2D eigenvalue weighted by Crippen LogP contribution is 2.27. The van der Waals surface area contributed by atoms with Gasteiger partial charge in [0.2, 0.25) is 5.91 Å². The van der Waals surface area contributed by atoms with E-state index in [0.29, 0.717) is 22.6 Å². The van der Waals surface area contributed by atoms with Crippen LogP contribution in [0.4, 0.5) is 4.39 Å². The third-order valence-corrected chi connectivity index (χ3v) is 7.08. The number of fused-ring (bicyclic) bond motifs is 1. The van der Waals surface area contributed by atoms with Gasteiger partial charge in [-0.3, -0.25) is 14.5 Å². The number of rotatable bonds is 4. The average molecular weight is 429 g/mol. The molecule has 1 saturated heterocycles. The Hall–Kier alpha value is -2.41. The monoisotopic (exact) mass is 428 g/mol. The Morgan fingerprint density at radius 2 is 2.06 bits per heavy atom. The van der Waals surface area contributed by atoms with E-state index in [1.165, 1.54) is 6.07 Å². The molecule has 6 nitrogen and oxygen atoms in total. The molecule has 3 atom stereocenters. The van der Waals surface area contributed by atoms with Gasteiger partial charge in [-0.2, -0.15) is 0 Å². The maximum Gasteiger partial charge on any atom is 0.267 e. The Bertz CT molecular complexity index is 933. The summed E-state index contributed by atoms with van der Waals surface area (Å²) in [6, 6.07) is 5.57. The van der Waals surface area contributed by atoms with Gasteiger partial charge in [-0.15, -0.1) is 0 Å². The van der Waals surface area contributed by atoms with Gasteiger partial charge in [0.1, 0.15) is 11.5 Å². The van der Waals surface area contributed by atoms with E-state index in [1.54, 1.807) is 19.1 Å². The number of carbonyl (C=O) groups excluding carboxylic acids is 2. The minimum atomic E-state index is -0.316. The number of nitrogens with zero attached hydrogens (tertiary/aromatic N) is 2. The van der Waals surface area contributed by atoms with Gasteiger partial charge in [0, 0.05) is 50.1 Å². The van der Waals surface area contributed by atoms with Gasteiger partial charge in [-0.1, -0.05) is 13.0 Å². The summed E-state index contributed by atoms with van der Waals surface area (Å²) in [5.74, 6) is -0.331. The van der Waals surface area contributed by atoms with E-state index in [4.69, 9.17) is 0 Å². The molecule has 2 aromatic rings. The molecule has 0 spiro atoms. The fraction of sp³-hybridized carbons (Fsp3) is 0.583. The van der Waals surface area contributed by atoms with Crippen LogP contribution in [0, 0.1) is 12.7 Å². The fourth-order valence-electron chi connectivity index (χ4n) is 5.31. The van der Waals surface area contributed by atoms with Crippen LogP contribution in [-0.4, -0.2) is 64.4 Å². The minimum absolute atomic E-state index is 0.106. The molecule has 1 saturated carbocycles. The summed E-state index contributed by atoms with van der Waals surface area (Å²) in [6.45, 7) is 8.27. The molecule has 2 heterocycles. The summed E-state index contributed by atoms with van der Waals surface area (Å²) >= 11 is 0. The van der Waals surface area contributed by atoms with E-state index >= 15 is 0 Å². The van der Waals surface area contributed by atoms with Crippen molar-refractivity contribution in [1.29, 1.82) is 0 Å². The molecule has 4 rings (SSSR count). The van der Waals surface area contributed by atoms with Crippen molar-refractivity contribution in [2.75, 3.05) is 19.6 Å². The van der Waals surface area contributed by atoms with Crippen molar-refractivity contribution in [1.82, 2.24) is 20.1 Å². The zero-order valence-corrected chi connectivity index (χ0v) is 18.7. The number of amides is 2. The van der Waals surface area contributed by atoms with Gasteiger partial charge in [-0.05, 0) is 56.7 Å². The Balaban J connectivity index is 1.40. The molecular formula is C24H33FN4O2. The van der Waals surface area contributed by atoms with E-state index in [9.17, 15) is 14.0 Å². The SMILES string of the molecule is CCC1CN([C@@H]2CCC[C@@H](NC(=O)c3cc4c(F)ccc(C)c4[nH]3)C2)CCN1C(C)=O. The Kier molecular flexibility index (Phi) is 6.32. The molecule has 2 aliphatic rings. The lowest BCUT2D eigenvalue weighted by Crippen LogP contribution is -2.58. The first kappa shape index (κ1) is 21.8. The van der Waals surface area contributed by atoms with Crippen LogP contribution >= 0.6 is 0 Å². The number of hydrogen-bond donors (Lipinski definition) is 2. The second-order valence-electron chi connectivity index (χ2n) is 9.10. The molecule has 0 bridgehead atoms. The van der Waals surface area contributed by atoms with Crippen molar-refractivity contribution in [2.24, 2.45) is 0 Å². The summed E-state index contributed by atoms with van der Waals surface area (Å²) in [5.41, 5.74) is 2.01. The molecule has 1 aromatic heterocycles. The lowest BCUT2D eigenvalue weighted by atomic mass is 9.89. The maximum atomic E-state index is 14.1. The molecule has 1 aliphatic carbocycles. The van der Waals surface area contributed by atoms with Gasteiger partial charge in [0.25, 0.3) is 5.91 Å². The van der Waals surface area contributed by atoms with Gasteiger partial charge in [0.15, 0.2) is 0 Å². The third-order valence-electron chi connectivity index (χ3n) is 7.08. The lowest BCUT2D eigenvalue weighted by Gasteiger charge is -2.46. The highest BCUT2D eigenvalue weighted by atomic mass is 19.1. The van der Waals surface area contributed by atoms with Gasteiger partial charge < -0.3 is 15.2 Å². The van der Waals surface area contributed by atoms with Crippen molar-refractivity contribution >= 4 is 22.7 Å². The molecule has 7 heteroatoms. The van der Waals surface area contributed by atoms with E-state index in [2.05, 4.69) is 22.1 Å². The molecule has 168 valence electrons. The molecule has 31 heavy (non-hydrogen) atoms. The zero-order chi connectivity index (χ0) is 22.1. The Morgan fingerprint density at radius 3 is 2.77 bits per heavy atom. The number of aromatic amines is 1. The van der Waals surface area contributed by atoms with Gasteiger partial charge in [0.05, 0.1) is 5.52 Å². The number of nitrogens with one attached hydrogen (secondary N) is 2. The van der Waals surface area contributed by atoms with E-state index in [0.717, 1.165) is 57.3 Å². The molecule has 2 N–H and O–H groups in total. The summed E-state index contributed by atoms with van der Waals surface area (Å²) in [7, 11) is 0. The van der Waals surface area contributed by atoms with Crippen LogP contribution in [0.1, 0.15) is 62.0 Å². The van der Waals surface area contributed by atoms with Crippen molar-refractivity contribution in [3.05, 3.63) is 35.3 Å². The summed E-state index contributed by atoms with van der Waals surface area (Å²) in [5, 5.41) is 3.63. The van der Waals surface area contributed by atoms with Crippen LogP contribution in [0.25, 0.3) is 10.9 Å². The predicted octanol–water partition coefficient (Wildman–Crippen LogP) is 3.60. The summed E-state index contributed by atoms with van der Waals surface area (Å²) in [4.78, 5) is 32.4. The number of halogens is 1. The van der Waals surface area contributed by atoms with Crippen LogP contribution in [0.5, 0.6) is 0 Å². The van der Waals surface area contributed by atoms with E-state index in [-0.39, 0.29) is 29.7 Å². The van der Waals surface area contributed by atoms with Crippen molar-refractivity contribution in [3.8, 4) is 0 Å². The second kappa shape index (κ2) is 8.99. The average Bonchev–Trinajstić information content (AvgIpc) is 3.23. The van der Waals surface area contributed by atoms with Crippen LogP contribution < -0.4 is 5.32 Å². The van der Waals surface area contributed by atoms with Crippen molar-refractivity contribution in [3.63, 3.8) is 0 Å². The largest absolute Gasteiger partial charge is 0.350 e. The number of aryl methyl sites for hydroxylation is 1.